The van der Waals surface area contributed by atoms with Gasteiger partial charge in [0.15, 0.2) is 0 Å². The number of aromatic nitrogens is 1. The molecule has 0 atom stereocenters. The first-order valence-corrected chi connectivity index (χ1v) is 4.11. The lowest BCUT2D eigenvalue weighted by molar-refractivity contribution is 0.395. The first-order valence-electron chi connectivity index (χ1n) is 4.11. The van der Waals surface area contributed by atoms with Gasteiger partial charge in [0.05, 0.1) is 7.11 Å². The Morgan fingerprint density at radius 2 is 2.07 bits per heavy atom. The molecule has 0 bridgehead atoms. The molecular formula is C9H14Cl2N2O. The van der Waals surface area contributed by atoms with Crippen molar-refractivity contribution < 1.29 is 4.74 Å². The second-order valence-corrected chi connectivity index (χ2v) is 2.99. The molecule has 1 N–H and O–H groups in total. The Hall–Kier alpha value is -0.510. The van der Waals surface area contributed by atoms with Crippen molar-refractivity contribution in [1.29, 1.82) is 0 Å². The smallest absolute Gasteiger partial charge is 0.212 e. The molecule has 0 saturated carbocycles. The van der Waals surface area contributed by atoms with Gasteiger partial charge in [-0.2, -0.15) is 0 Å². The largest absolute Gasteiger partial charge is 0.481 e. The maximum Gasteiger partial charge on any atom is 0.212 e. The monoisotopic (exact) mass is 236 g/mol. The standard InChI is InChI=1S/C9H12N2O.2ClH/c1-12-9-3-2-7(6-11-9)8-4-10-5-8;;/h2-3,6,8,10H,4-5H2,1H3;2*1H. The minimum Gasteiger partial charge on any atom is -0.481 e. The van der Waals surface area contributed by atoms with E-state index in [4.69, 9.17) is 4.74 Å². The van der Waals surface area contributed by atoms with Crippen molar-refractivity contribution in [2.75, 3.05) is 20.2 Å². The van der Waals surface area contributed by atoms with Crippen LogP contribution in [0.5, 0.6) is 5.88 Å². The van der Waals surface area contributed by atoms with E-state index in [-0.39, 0.29) is 24.8 Å². The fraction of sp³-hybridized carbons (Fsp3) is 0.444. The number of rotatable bonds is 2. The van der Waals surface area contributed by atoms with Crippen LogP contribution in [0.3, 0.4) is 0 Å². The van der Waals surface area contributed by atoms with Crippen LogP contribution in [0.4, 0.5) is 0 Å². The molecule has 80 valence electrons. The van der Waals surface area contributed by atoms with Gasteiger partial charge in [0.2, 0.25) is 5.88 Å². The molecule has 3 nitrogen and oxygen atoms in total. The van der Waals surface area contributed by atoms with E-state index in [2.05, 4.69) is 16.4 Å². The average molecular weight is 237 g/mol. The molecule has 1 saturated heterocycles. The second kappa shape index (κ2) is 6.06. The number of nitrogens with zero attached hydrogens (tertiary/aromatic N) is 1. The van der Waals surface area contributed by atoms with E-state index in [1.54, 1.807) is 7.11 Å². The molecule has 0 unspecified atom stereocenters. The van der Waals surface area contributed by atoms with Crippen molar-refractivity contribution >= 4 is 24.8 Å². The molecule has 0 radical (unpaired) electrons. The van der Waals surface area contributed by atoms with E-state index in [0.717, 1.165) is 13.1 Å². The number of hydrogen-bond donors (Lipinski definition) is 1. The van der Waals surface area contributed by atoms with Crippen LogP contribution in [0.25, 0.3) is 0 Å². The zero-order valence-corrected chi connectivity index (χ0v) is 9.53. The van der Waals surface area contributed by atoms with Crippen LogP contribution in [0.2, 0.25) is 0 Å². The number of pyridine rings is 1. The number of hydrogen-bond acceptors (Lipinski definition) is 3. The molecule has 1 fully saturated rings. The number of methoxy groups -OCH3 is 1. The van der Waals surface area contributed by atoms with Crippen molar-refractivity contribution in [3.63, 3.8) is 0 Å². The highest BCUT2D eigenvalue weighted by Gasteiger charge is 2.18. The van der Waals surface area contributed by atoms with Crippen molar-refractivity contribution in [2.45, 2.75) is 5.92 Å². The molecule has 1 aliphatic heterocycles. The molecule has 14 heavy (non-hydrogen) atoms. The van der Waals surface area contributed by atoms with Gasteiger partial charge in [-0.1, -0.05) is 6.07 Å². The van der Waals surface area contributed by atoms with Crippen LogP contribution in [0.15, 0.2) is 18.3 Å². The summed E-state index contributed by atoms with van der Waals surface area (Å²) >= 11 is 0. The van der Waals surface area contributed by atoms with Gasteiger partial charge in [-0.25, -0.2) is 4.98 Å². The van der Waals surface area contributed by atoms with Crippen molar-refractivity contribution in [3.8, 4) is 5.88 Å². The van der Waals surface area contributed by atoms with Crippen LogP contribution in [0, 0.1) is 0 Å². The average Bonchev–Trinajstić information content (AvgIpc) is 2.03. The quantitative estimate of drug-likeness (QED) is 0.848. The molecule has 0 amide bonds. The Kier molecular flexibility index (Phi) is 5.84. The molecular weight excluding hydrogens is 223 g/mol. The summed E-state index contributed by atoms with van der Waals surface area (Å²) in [6.07, 6.45) is 1.89. The highest BCUT2D eigenvalue weighted by atomic mass is 35.5. The van der Waals surface area contributed by atoms with Gasteiger partial charge in [-0.05, 0) is 5.56 Å². The fourth-order valence-electron chi connectivity index (χ4n) is 1.28. The fourth-order valence-corrected chi connectivity index (χ4v) is 1.28. The lowest BCUT2D eigenvalue weighted by Gasteiger charge is -2.27. The maximum atomic E-state index is 4.97. The zero-order chi connectivity index (χ0) is 8.39. The van der Waals surface area contributed by atoms with Gasteiger partial charge >= 0.3 is 0 Å². The maximum absolute atomic E-state index is 4.97. The van der Waals surface area contributed by atoms with Crippen LogP contribution < -0.4 is 10.1 Å². The van der Waals surface area contributed by atoms with Gasteiger partial charge in [0.1, 0.15) is 0 Å². The third kappa shape index (κ3) is 2.74. The van der Waals surface area contributed by atoms with E-state index in [1.165, 1.54) is 5.56 Å². The van der Waals surface area contributed by atoms with Gasteiger partial charge in [0, 0.05) is 31.3 Å². The summed E-state index contributed by atoms with van der Waals surface area (Å²) in [5.74, 6) is 1.34. The lowest BCUT2D eigenvalue weighted by atomic mass is 9.95. The SMILES string of the molecule is COc1ccc(C2CNC2)cn1.Cl.Cl. The van der Waals surface area contributed by atoms with E-state index >= 15 is 0 Å². The highest BCUT2D eigenvalue weighted by Crippen LogP contribution is 2.19. The van der Waals surface area contributed by atoms with Crippen molar-refractivity contribution in [3.05, 3.63) is 23.9 Å². The molecule has 2 heterocycles. The Bertz CT molecular complexity index is 262. The lowest BCUT2D eigenvalue weighted by Crippen LogP contribution is -2.39. The summed E-state index contributed by atoms with van der Waals surface area (Å²) in [4.78, 5) is 4.15. The Balaban J connectivity index is 0.000000845. The van der Waals surface area contributed by atoms with Crippen LogP contribution >= 0.6 is 24.8 Å². The van der Waals surface area contributed by atoms with E-state index in [1.807, 2.05) is 12.3 Å². The molecule has 2 rings (SSSR count). The molecule has 5 heteroatoms. The normalized spacial score (nSPS) is 14.6. The summed E-state index contributed by atoms with van der Waals surface area (Å²) in [5.41, 5.74) is 1.30. The van der Waals surface area contributed by atoms with Gasteiger partial charge in [-0.15, -0.1) is 24.8 Å². The van der Waals surface area contributed by atoms with E-state index in [0.29, 0.717) is 11.8 Å². The summed E-state index contributed by atoms with van der Waals surface area (Å²) in [5, 5.41) is 3.23. The summed E-state index contributed by atoms with van der Waals surface area (Å²) in [7, 11) is 1.63. The third-order valence-corrected chi connectivity index (χ3v) is 2.22. The first-order chi connectivity index (χ1) is 5.90. The Labute approximate surface area is 96.1 Å². The first kappa shape index (κ1) is 13.5. The Morgan fingerprint density at radius 1 is 1.36 bits per heavy atom. The Morgan fingerprint density at radius 3 is 2.43 bits per heavy atom. The van der Waals surface area contributed by atoms with E-state index < -0.39 is 0 Å². The molecule has 0 aromatic carbocycles. The number of halogens is 2. The highest BCUT2D eigenvalue weighted by molar-refractivity contribution is 5.85. The van der Waals surface area contributed by atoms with Crippen molar-refractivity contribution in [2.24, 2.45) is 0 Å². The van der Waals surface area contributed by atoms with Crippen LogP contribution in [-0.2, 0) is 0 Å². The van der Waals surface area contributed by atoms with Crippen LogP contribution in [-0.4, -0.2) is 25.2 Å². The molecule has 1 aromatic heterocycles. The van der Waals surface area contributed by atoms with E-state index in [9.17, 15) is 0 Å². The van der Waals surface area contributed by atoms with Gasteiger partial charge in [0.25, 0.3) is 0 Å². The van der Waals surface area contributed by atoms with Gasteiger partial charge in [-0.3, -0.25) is 0 Å². The molecule has 0 spiro atoms. The molecule has 1 aromatic rings. The number of ether oxygens (including phenoxy) is 1. The van der Waals surface area contributed by atoms with Gasteiger partial charge < -0.3 is 10.1 Å². The topological polar surface area (TPSA) is 34.1 Å². The number of nitrogens with one attached hydrogen (secondary N) is 1. The summed E-state index contributed by atoms with van der Waals surface area (Å²) in [6.45, 7) is 2.15. The zero-order valence-electron chi connectivity index (χ0n) is 7.90. The third-order valence-electron chi connectivity index (χ3n) is 2.22. The van der Waals surface area contributed by atoms with Crippen molar-refractivity contribution in [1.82, 2.24) is 10.3 Å². The molecule has 1 aliphatic rings. The predicted octanol–water partition coefficient (Wildman–Crippen LogP) is 1.62. The summed E-state index contributed by atoms with van der Waals surface area (Å²) in [6, 6.07) is 3.99. The summed E-state index contributed by atoms with van der Waals surface area (Å²) < 4.78 is 4.97. The second-order valence-electron chi connectivity index (χ2n) is 2.99. The molecule has 0 aliphatic carbocycles. The predicted molar refractivity (Wildman–Crippen MR) is 60.9 cm³/mol. The minimum absolute atomic E-state index is 0. The minimum atomic E-state index is 0. The van der Waals surface area contributed by atoms with Crippen LogP contribution in [0.1, 0.15) is 11.5 Å².